The van der Waals surface area contributed by atoms with Crippen LogP contribution >= 0.6 is 0 Å². The van der Waals surface area contributed by atoms with Crippen molar-refractivity contribution in [2.75, 3.05) is 0 Å². The second-order valence-electron chi connectivity index (χ2n) is 1.40. The Bertz CT molecular complexity index is 150. The van der Waals surface area contributed by atoms with E-state index in [1.807, 2.05) is 19.1 Å². The zero-order valence-electron chi connectivity index (χ0n) is 6.25. The Morgan fingerprint density at radius 1 is 1.45 bits per heavy atom. The normalized spacial score (nSPS) is 9.18. The van der Waals surface area contributed by atoms with Crippen LogP contribution < -0.4 is 5.73 Å². The van der Waals surface area contributed by atoms with Crippen molar-refractivity contribution >= 4 is 0 Å². The summed E-state index contributed by atoms with van der Waals surface area (Å²) in [6.45, 7) is 5.41. The summed E-state index contributed by atoms with van der Waals surface area (Å²) in [4.78, 5) is 0. The van der Waals surface area contributed by atoms with Crippen LogP contribution in [0.1, 0.15) is 14.4 Å². The Hall–Kier alpha value is -1.42. The van der Waals surface area contributed by atoms with E-state index in [9.17, 15) is 0 Å². The van der Waals surface area contributed by atoms with Crippen molar-refractivity contribution in [1.82, 2.24) is 0 Å². The number of hydrogen-bond acceptors (Lipinski definition) is 1. The second kappa shape index (κ2) is 15.8. The maximum atomic E-state index is 5.40. The minimum atomic E-state index is 0. The van der Waals surface area contributed by atoms with E-state index in [4.69, 9.17) is 5.73 Å². The molecule has 0 aromatic carbocycles. The molecule has 0 bridgehead atoms. The first kappa shape index (κ1) is 16.3. The molecule has 0 spiro atoms. The predicted molar refractivity (Wildman–Crippen MR) is 53.9 cm³/mol. The SMILES string of the molecule is C.C#C.C=C/C=C(N)\C=C/C. The molecule has 0 aromatic rings. The van der Waals surface area contributed by atoms with Gasteiger partial charge in [-0.3, -0.25) is 0 Å². The number of terminal acetylenes is 1. The van der Waals surface area contributed by atoms with E-state index in [0.717, 1.165) is 5.70 Å². The summed E-state index contributed by atoms with van der Waals surface area (Å²) in [5.41, 5.74) is 6.14. The molecule has 0 aromatic heterocycles. The van der Waals surface area contributed by atoms with Crippen molar-refractivity contribution in [2.24, 2.45) is 5.73 Å². The molecule has 0 radical (unpaired) electrons. The number of nitrogens with two attached hydrogens (primary N) is 1. The lowest BCUT2D eigenvalue weighted by Crippen LogP contribution is -1.90. The maximum Gasteiger partial charge on any atom is 0.0310 e. The standard InChI is InChI=1S/C7H11N.C2H2.CH4/c1-3-5-7(8)6-4-2;1-2;/h3-6H,1,8H2,2H3;1-2H;1H4/b6-4-,7-5+;;. The quantitative estimate of drug-likeness (QED) is 0.476. The molecule has 0 amide bonds. The van der Waals surface area contributed by atoms with Crippen molar-refractivity contribution in [3.8, 4) is 12.8 Å². The predicted octanol–water partition coefficient (Wildman–Crippen LogP) is 2.48. The molecule has 0 atom stereocenters. The molecule has 1 nitrogen and oxygen atoms in total. The lowest BCUT2D eigenvalue weighted by molar-refractivity contribution is 1.42. The molecule has 11 heavy (non-hydrogen) atoms. The van der Waals surface area contributed by atoms with E-state index in [2.05, 4.69) is 19.4 Å². The summed E-state index contributed by atoms with van der Waals surface area (Å²) in [5.74, 6) is 0. The highest BCUT2D eigenvalue weighted by Crippen LogP contribution is 1.84. The van der Waals surface area contributed by atoms with Gasteiger partial charge >= 0.3 is 0 Å². The van der Waals surface area contributed by atoms with Gasteiger partial charge in [0.2, 0.25) is 0 Å². The molecule has 0 aliphatic heterocycles. The monoisotopic (exact) mass is 151 g/mol. The Morgan fingerprint density at radius 2 is 1.91 bits per heavy atom. The van der Waals surface area contributed by atoms with Gasteiger partial charge in [-0.1, -0.05) is 26.2 Å². The van der Waals surface area contributed by atoms with E-state index in [-0.39, 0.29) is 7.43 Å². The first-order chi connectivity index (χ1) is 4.81. The third-order valence-corrected chi connectivity index (χ3v) is 0.669. The zero-order chi connectivity index (χ0) is 8.41. The molecule has 0 saturated carbocycles. The van der Waals surface area contributed by atoms with Gasteiger partial charge in [0.15, 0.2) is 0 Å². The van der Waals surface area contributed by atoms with Crippen LogP contribution in [0.2, 0.25) is 0 Å². The van der Waals surface area contributed by atoms with Crippen LogP contribution in [0.4, 0.5) is 0 Å². The van der Waals surface area contributed by atoms with Crippen LogP contribution in [0.25, 0.3) is 0 Å². The van der Waals surface area contributed by atoms with E-state index in [0.29, 0.717) is 0 Å². The van der Waals surface area contributed by atoms with Crippen molar-refractivity contribution in [2.45, 2.75) is 14.4 Å². The number of allylic oxidation sites excluding steroid dienone is 4. The Balaban J connectivity index is -0.000000196. The average Bonchev–Trinajstić information content (AvgIpc) is 1.93. The van der Waals surface area contributed by atoms with Crippen LogP contribution in [0.5, 0.6) is 0 Å². The molecule has 2 N–H and O–H groups in total. The second-order valence-corrected chi connectivity index (χ2v) is 1.40. The molecular formula is C10H17N. The van der Waals surface area contributed by atoms with Crippen LogP contribution in [0.15, 0.2) is 36.6 Å². The van der Waals surface area contributed by atoms with E-state index in [1.54, 1.807) is 12.2 Å². The van der Waals surface area contributed by atoms with Gasteiger partial charge in [0.1, 0.15) is 0 Å². The lowest BCUT2D eigenvalue weighted by Gasteiger charge is -1.84. The van der Waals surface area contributed by atoms with E-state index in [1.165, 1.54) is 0 Å². The minimum Gasteiger partial charge on any atom is -0.399 e. The molecule has 0 aliphatic rings. The van der Waals surface area contributed by atoms with Crippen molar-refractivity contribution < 1.29 is 0 Å². The smallest absolute Gasteiger partial charge is 0.0310 e. The number of hydrogen-bond donors (Lipinski definition) is 1. The summed E-state index contributed by atoms with van der Waals surface area (Å²) in [5, 5.41) is 0. The van der Waals surface area contributed by atoms with Crippen LogP contribution in [0.3, 0.4) is 0 Å². The molecule has 0 unspecified atom stereocenters. The molecule has 0 saturated heterocycles. The summed E-state index contributed by atoms with van der Waals surface area (Å²) in [7, 11) is 0. The molecule has 62 valence electrons. The number of rotatable bonds is 2. The highest BCUT2D eigenvalue weighted by Gasteiger charge is 1.71. The molecular weight excluding hydrogens is 134 g/mol. The van der Waals surface area contributed by atoms with Gasteiger partial charge in [-0.2, -0.15) is 0 Å². The van der Waals surface area contributed by atoms with E-state index < -0.39 is 0 Å². The van der Waals surface area contributed by atoms with Crippen molar-refractivity contribution in [3.63, 3.8) is 0 Å². The summed E-state index contributed by atoms with van der Waals surface area (Å²) >= 11 is 0. The average molecular weight is 151 g/mol. The first-order valence-electron chi connectivity index (χ1n) is 2.85. The van der Waals surface area contributed by atoms with Gasteiger partial charge < -0.3 is 5.73 Å². The highest BCUT2D eigenvalue weighted by atomic mass is 14.5. The van der Waals surface area contributed by atoms with Gasteiger partial charge in [-0.05, 0) is 19.1 Å². The molecule has 0 rings (SSSR count). The Morgan fingerprint density at radius 3 is 2.18 bits per heavy atom. The summed E-state index contributed by atoms with van der Waals surface area (Å²) < 4.78 is 0. The summed E-state index contributed by atoms with van der Waals surface area (Å²) in [6, 6.07) is 0. The topological polar surface area (TPSA) is 26.0 Å². The fourth-order valence-corrected chi connectivity index (χ4v) is 0.384. The Labute approximate surface area is 70.3 Å². The van der Waals surface area contributed by atoms with Crippen LogP contribution in [0, 0.1) is 12.8 Å². The lowest BCUT2D eigenvalue weighted by atomic mass is 10.4. The van der Waals surface area contributed by atoms with Crippen molar-refractivity contribution in [3.05, 3.63) is 36.6 Å². The van der Waals surface area contributed by atoms with E-state index >= 15 is 0 Å². The van der Waals surface area contributed by atoms with Gasteiger partial charge in [-0.25, -0.2) is 0 Å². The third kappa shape index (κ3) is 17.7. The molecule has 0 heterocycles. The highest BCUT2D eigenvalue weighted by molar-refractivity contribution is 5.18. The van der Waals surface area contributed by atoms with Gasteiger partial charge in [0, 0.05) is 5.70 Å². The fourth-order valence-electron chi connectivity index (χ4n) is 0.384. The largest absolute Gasteiger partial charge is 0.399 e. The minimum absolute atomic E-state index is 0. The van der Waals surface area contributed by atoms with Crippen molar-refractivity contribution in [1.29, 1.82) is 0 Å². The third-order valence-electron chi connectivity index (χ3n) is 0.669. The maximum absolute atomic E-state index is 5.40. The fraction of sp³-hybridized carbons (Fsp3) is 0.200. The van der Waals surface area contributed by atoms with Crippen LogP contribution in [-0.4, -0.2) is 0 Å². The zero-order valence-corrected chi connectivity index (χ0v) is 6.25. The van der Waals surface area contributed by atoms with Gasteiger partial charge in [0.25, 0.3) is 0 Å². The summed E-state index contributed by atoms with van der Waals surface area (Å²) in [6.07, 6.45) is 15.1. The molecule has 0 aliphatic carbocycles. The van der Waals surface area contributed by atoms with Crippen LogP contribution in [-0.2, 0) is 0 Å². The molecule has 0 fully saturated rings. The van der Waals surface area contributed by atoms with Gasteiger partial charge in [-0.15, -0.1) is 12.8 Å². The Kier molecular flexibility index (Phi) is 23.4. The molecule has 1 heteroatoms. The van der Waals surface area contributed by atoms with Gasteiger partial charge in [0.05, 0.1) is 0 Å². The first-order valence-corrected chi connectivity index (χ1v) is 2.85.